The lowest BCUT2D eigenvalue weighted by Gasteiger charge is -2.36. The second-order valence-corrected chi connectivity index (χ2v) is 16.2. The van der Waals surface area contributed by atoms with Crippen LogP contribution in [-0.4, -0.2) is 56.8 Å². The summed E-state index contributed by atoms with van der Waals surface area (Å²) in [4.78, 5) is 9.26. The van der Waals surface area contributed by atoms with Crippen molar-refractivity contribution in [1.29, 1.82) is 0 Å². The van der Waals surface area contributed by atoms with Crippen LogP contribution in [0.1, 0.15) is 61.6 Å². The molecule has 0 saturated carbocycles. The van der Waals surface area contributed by atoms with Crippen LogP contribution in [0.25, 0.3) is 0 Å². The van der Waals surface area contributed by atoms with Gasteiger partial charge in [0, 0.05) is 19.9 Å². The smallest absolute Gasteiger partial charge is 0.222 e. The van der Waals surface area contributed by atoms with Crippen LogP contribution in [0.5, 0.6) is 11.5 Å². The van der Waals surface area contributed by atoms with E-state index in [1.165, 1.54) is 6.66 Å². The second kappa shape index (κ2) is 18.7. The van der Waals surface area contributed by atoms with E-state index >= 15 is 0 Å². The van der Waals surface area contributed by atoms with Gasteiger partial charge >= 0.3 is 0 Å². The van der Waals surface area contributed by atoms with Crippen LogP contribution in [0.15, 0.2) is 78.9 Å². The molecule has 1 N–H and O–H groups in total. The van der Waals surface area contributed by atoms with Crippen LogP contribution < -0.4 is 9.47 Å². The minimum absolute atomic E-state index is 0.0132. The fourth-order valence-electron chi connectivity index (χ4n) is 5.00. The van der Waals surface area contributed by atoms with E-state index in [0.29, 0.717) is 13.2 Å². The van der Waals surface area contributed by atoms with E-state index in [-0.39, 0.29) is 15.8 Å². The molecule has 0 aliphatic heterocycles. The van der Waals surface area contributed by atoms with Crippen molar-refractivity contribution in [2.24, 2.45) is 0 Å². The topological polar surface area (TPSA) is 74.2 Å². The normalized spacial score (nSPS) is 13.8. The highest BCUT2D eigenvalue weighted by molar-refractivity contribution is 8.28. The van der Waals surface area contributed by atoms with Crippen LogP contribution >= 0.6 is 7.37 Å². The zero-order valence-electron chi connectivity index (χ0n) is 25.7. The maximum Gasteiger partial charge on any atom is 0.222 e. The van der Waals surface area contributed by atoms with Gasteiger partial charge in [-0.05, 0) is 78.1 Å². The van der Waals surface area contributed by atoms with Crippen LogP contribution in [0, 0.1) is 0 Å². The van der Waals surface area contributed by atoms with Gasteiger partial charge in [0.25, 0.3) is 0 Å². The predicted molar refractivity (Wildman–Crippen MR) is 182 cm³/mol. The molecule has 0 heterocycles. The highest BCUT2D eigenvalue weighted by atomic mass is 32.8. The maximum atomic E-state index is 11.2. The fraction of sp³-hybridized carbons (Fsp3) is 0.471. The van der Waals surface area contributed by atoms with Gasteiger partial charge in [-0.25, -0.2) is 0 Å². The summed E-state index contributed by atoms with van der Waals surface area (Å²) in [5, 5.41) is 0. The SMILES string of the molecule is COc1ccc(C(OCCCCCCS(=S)CCCCCOCP(C)(=O)O)(c2ccccc2)c2ccc(OC)cc2)cc1. The molecule has 0 bridgehead atoms. The molecule has 0 aliphatic rings. The van der Waals surface area contributed by atoms with Crippen LogP contribution in [0.4, 0.5) is 0 Å². The summed E-state index contributed by atoms with van der Waals surface area (Å²) in [5.74, 6) is 3.76. The van der Waals surface area contributed by atoms with Crippen LogP contribution in [0.3, 0.4) is 0 Å². The van der Waals surface area contributed by atoms with Crippen molar-refractivity contribution in [3.8, 4) is 11.5 Å². The molecule has 3 rings (SSSR count). The first kappa shape index (κ1) is 35.4. The standard InChI is InChI=1S/C34H47O6PS2/c1-37-32-20-16-30(17-21-32)34(29-14-8-6-9-15-29,31-18-22-33(38-2)23-19-31)40-25-11-4-5-12-26-43(42)27-13-7-10-24-39-28-41(3,35)36/h6,8-9,14-23H,4-5,7,10-13,24-28H2,1-3H3,(H,35,36). The molecule has 0 radical (unpaired) electrons. The Labute approximate surface area is 265 Å². The molecule has 0 aliphatic carbocycles. The Morgan fingerprint density at radius 2 is 1.16 bits per heavy atom. The lowest BCUT2D eigenvalue weighted by molar-refractivity contribution is 0.0106. The fourth-order valence-corrected chi connectivity index (χ4v) is 7.43. The molecule has 3 aromatic rings. The summed E-state index contributed by atoms with van der Waals surface area (Å²) in [5.41, 5.74) is 2.40. The van der Waals surface area contributed by atoms with Crippen molar-refractivity contribution in [3.05, 3.63) is 95.6 Å². The average Bonchev–Trinajstić information content (AvgIpc) is 3.02. The Morgan fingerprint density at radius 1 is 0.698 bits per heavy atom. The summed E-state index contributed by atoms with van der Waals surface area (Å²) in [6.07, 6.45) is 7.31. The number of ether oxygens (including phenoxy) is 4. The van der Waals surface area contributed by atoms with Gasteiger partial charge in [0.15, 0.2) is 0 Å². The van der Waals surface area contributed by atoms with E-state index in [4.69, 9.17) is 30.1 Å². The Balaban J connectivity index is 1.53. The molecule has 0 fully saturated rings. The third-order valence-electron chi connectivity index (χ3n) is 7.25. The van der Waals surface area contributed by atoms with Crippen molar-refractivity contribution >= 4 is 28.0 Å². The molecule has 2 atom stereocenters. The lowest BCUT2D eigenvalue weighted by atomic mass is 9.80. The van der Waals surface area contributed by atoms with Crippen LogP contribution in [0.2, 0.25) is 0 Å². The molecule has 3 aromatic carbocycles. The Kier molecular flexibility index (Phi) is 15.4. The van der Waals surface area contributed by atoms with Gasteiger partial charge in [0.1, 0.15) is 23.4 Å². The van der Waals surface area contributed by atoms with E-state index in [1.807, 2.05) is 30.3 Å². The van der Waals surface area contributed by atoms with E-state index in [9.17, 15) is 9.46 Å². The number of hydrogen-bond acceptors (Lipinski definition) is 6. The van der Waals surface area contributed by atoms with Gasteiger partial charge in [-0.3, -0.25) is 4.57 Å². The second-order valence-electron chi connectivity index (χ2n) is 10.8. The monoisotopic (exact) mass is 646 g/mol. The average molecular weight is 647 g/mol. The summed E-state index contributed by atoms with van der Waals surface area (Å²) in [7, 11) is 0.301. The van der Waals surface area contributed by atoms with Gasteiger partial charge in [0.2, 0.25) is 7.37 Å². The summed E-state index contributed by atoms with van der Waals surface area (Å²) in [6.45, 7) is 2.48. The molecule has 2 unspecified atom stereocenters. The predicted octanol–water partition coefficient (Wildman–Crippen LogP) is 7.70. The third kappa shape index (κ3) is 11.8. The Bertz CT molecular complexity index is 1210. The zero-order valence-corrected chi connectivity index (χ0v) is 28.3. The van der Waals surface area contributed by atoms with Gasteiger partial charge in [0.05, 0.1) is 14.2 Å². The summed E-state index contributed by atoms with van der Waals surface area (Å²) >= 11 is 5.72. The van der Waals surface area contributed by atoms with Gasteiger partial charge in [-0.15, -0.1) is 9.45 Å². The lowest BCUT2D eigenvalue weighted by Crippen LogP contribution is -2.33. The largest absolute Gasteiger partial charge is 0.497 e. The number of hydrogen-bond donors (Lipinski definition) is 1. The highest BCUT2D eigenvalue weighted by Crippen LogP contribution is 2.42. The zero-order chi connectivity index (χ0) is 31.0. The van der Waals surface area contributed by atoms with E-state index in [2.05, 4.69) is 48.5 Å². The number of unbranched alkanes of at least 4 members (excludes halogenated alkanes) is 5. The molecule has 0 saturated heterocycles. The van der Waals surface area contributed by atoms with Crippen molar-refractivity contribution in [2.45, 2.75) is 50.5 Å². The first-order valence-electron chi connectivity index (χ1n) is 15.0. The number of rotatable bonds is 21. The third-order valence-corrected chi connectivity index (χ3v) is 10.4. The molecular formula is C34H47O6PS2. The quantitative estimate of drug-likeness (QED) is 0.0723. The maximum absolute atomic E-state index is 11.2. The molecular weight excluding hydrogens is 599 g/mol. The van der Waals surface area contributed by atoms with E-state index in [1.54, 1.807) is 14.2 Å². The molecule has 0 amide bonds. The first-order valence-corrected chi connectivity index (χ1v) is 19.8. The number of benzene rings is 3. The summed E-state index contributed by atoms with van der Waals surface area (Å²) < 4.78 is 34.3. The van der Waals surface area contributed by atoms with Crippen molar-refractivity contribution < 1.29 is 28.4 Å². The molecule has 6 nitrogen and oxygen atoms in total. The van der Waals surface area contributed by atoms with Gasteiger partial charge in [-0.1, -0.05) is 85.0 Å². The molecule has 236 valence electrons. The minimum atomic E-state index is -3.07. The molecule has 43 heavy (non-hydrogen) atoms. The van der Waals surface area contributed by atoms with E-state index in [0.717, 1.165) is 84.6 Å². The van der Waals surface area contributed by atoms with Crippen molar-refractivity contribution in [2.75, 3.05) is 52.0 Å². The molecule has 0 aromatic heterocycles. The summed E-state index contributed by atoms with van der Waals surface area (Å²) in [6, 6.07) is 26.7. The van der Waals surface area contributed by atoms with Crippen LogP contribution in [-0.2, 0) is 40.3 Å². The first-order chi connectivity index (χ1) is 20.8. The molecule has 0 spiro atoms. The van der Waals surface area contributed by atoms with Gasteiger partial charge < -0.3 is 23.8 Å². The Morgan fingerprint density at radius 3 is 1.67 bits per heavy atom. The van der Waals surface area contributed by atoms with Crippen molar-refractivity contribution in [1.82, 2.24) is 0 Å². The van der Waals surface area contributed by atoms with E-state index < -0.39 is 13.0 Å². The van der Waals surface area contributed by atoms with Gasteiger partial charge in [-0.2, -0.15) is 0 Å². The Hall–Kier alpha value is -2.06. The highest BCUT2D eigenvalue weighted by Gasteiger charge is 2.37. The number of methoxy groups -OCH3 is 2. The minimum Gasteiger partial charge on any atom is -0.497 e. The van der Waals surface area contributed by atoms with Crippen molar-refractivity contribution in [3.63, 3.8) is 0 Å². The molecule has 9 heteroatoms.